The molecule has 0 aliphatic rings. The Hall–Kier alpha value is -1.86. The number of nitrogens with one attached hydrogen (secondary N) is 1. The lowest BCUT2D eigenvalue weighted by atomic mass is 10.2. The summed E-state index contributed by atoms with van der Waals surface area (Å²) in [7, 11) is -2.37. The molecule has 0 amide bonds. The highest BCUT2D eigenvalue weighted by molar-refractivity contribution is 9.10. The zero-order valence-corrected chi connectivity index (χ0v) is 14.5. The number of hydrazone groups is 1. The highest BCUT2D eigenvalue weighted by atomic mass is 79.9. The molecule has 2 rings (SSSR count). The van der Waals surface area contributed by atoms with Crippen LogP contribution in [0.5, 0.6) is 5.75 Å². The van der Waals surface area contributed by atoms with Crippen molar-refractivity contribution in [3.63, 3.8) is 0 Å². The summed E-state index contributed by atoms with van der Waals surface area (Å²) in [5, 5.41) is 3.80. The van der Waals surface area contributed by atoms with E-state index in [1.807, 2.05) is 31.2 Å². The maximum atomic E-state index is 12.3. The molecule has 0 saturated carbocycles. The number of sulfonamides is 1. The maximum Gasteiger partial charge on any atom is 0.280 e. The first-order valence-corrected chi connectivity index (χ1v) is 8.65. The lowest BCUT2D eigenvalue weighted by Gasteiger charge is -2.09. The highest BCUT2D eigenvalue weighted by Crippen LogP contribution is 2.24. The molecule has 2 aromatic carbocycles. The molecule has 7 heteroatoms. The van der Waals surface area contributed by atoms with E-state index in [9.17, 15) is 8.42 Å². The molecule has 0 aromatic heterocycles. The average molecular weight is 383 g/mol. The van der Waals surface area contributed by atoms with E-state index in [0.29, 0.717) is 0 Å². The van der Waals surface area contributed by atoms with Crippen molar-refractivity contribution in [2.75, 3.05) is 7.11 Å². The van der Waals surface area contributed by atoms with Crippen LogP contribution in [0.3, 0.4) is 0 Å². The van der Waals surface area contributed by atoms with Crippen molar-refractivity contribution in [3.05, 3.63) is 58.1 Å². The van der Waals surface area contributed by atoms with Gasteiger partial charge in [-0.25, -0.2) is 0 Å². The van der Waals surface area contributed by atoms with Crippen LogP contribution in [0.4, 0.5) is 0 Å². The Kier molecular flexibility index (Phi) is 5.20. The Bertz CT molecular complexity index is 804. The van der Waals surface area contributed by atoms with Crippen LogP contribution in [0.15, 0.2) is 56.9 Å². The molecule has 0 unspecified atom stereocenters. The monoisotopic (exact) mass is 382 g/mol. The van der Waals surface area contributed by atoms with Crippen LogP contribution in [0, 0.1) is 6.92 Å². The number of methoxy groups -OCH3 is 1. The standard InChI is InChI=1S/C15H15BrN2O3S/c1-11-6-7-14(21-2)15(8-11)22(19,20)18-17-10-12-4-3-5-13(16)9-12/h3-10,18H,1-2H3/b17-10+. The third-order valence-electron chi connectivity index (χ3n) is 2.84. The number of halogens is 1. The summed E-state index contributed by atoms with van der Waals surface area (Å²) in [6, 6.07) is 12.3. The normalized spacial score (nSPS) is 11.6. The molecule has 116 valence electrons. The van der Waals surface area contributed by atoms with Gasteiger partial charge in [0.1, 0.15) is 10.6 Å². The number of ether oxygens (including phenoxy) is 1. The van der Waals surface area contributed by atoms with Crippen molar-refractivity contribution >= 4 is 32.2 Å². The van der Waals surface area contributed by atoms with Gasteiger partial charge in [-0.05, 0) is 42.3 Å². The van der Waals surface area contributed by atoms with Crippen molar-refractivity contribution in [1.82, 2.24) is 4.83 Å². The Morgan fingerprint density at radius 2 is 2.00 bits per heavy atom. The Labute approximate surface area is 138 Å². The van der Waals surface area contributed by atoms with Gasteiger partial charge in [-0.2, -0.15) is 18.4 Å². The first-order valence-electron chi connectivity index (χ1n) is 6.37. The van der Waals surface area contributed by atoms with Gasteiger partial charge in [0.15, 0.2) is 0 Å². The summed E-state index contributed by atoms with van der Waals surface area (Å²) < 4.78 is 30.6. The fraction of sp³-hybridized carbons (Fsp3) is 0.133. The zero-order chi connectivity index (χ0) is 16.2. The second-order valence-electron chi connectivity index (χ2n) is 4.56. The van der Waals surface area contributed by atoms with Crippen LogP contribution >= 0.6 is 15.9 Å². The maximum absolute atomic E-state index is 12.3. The average Bonchev–Trinajstić information content (AvgIpc) is 2.47. The lowest BCUT2D eigenvalue weighted by molar-refractivity contribution is 0.402. The fourth-order valence-corrected chi connectivity index (χ4v) is 3.26. The molecule has 0 aliphatic carbocycles. The van der Waals surface area contributed by atoms with Gasteiger partial charge >= 0.3 is 0 Å². The first kappa shape index (κ1) is 16.5. The van der Waals surface area contributed by atoms with Gasteiger partial charge in [-0.1, -0.05) is 34.1 Å². The second kappa shape index (κ2) is 6.93. The van der Waals surface area contributed by atoms with E-state index in [0.717, 1.165) is 15.6 Å². The Morgan fingerprint density at radius 3 is 2.68 bits per heavy atom. The molecule has 0 fully saturated rings. The van der Waals surface area contributed by atoms with Crippen LogP contribution < -0.4 is 9.57 Å². The number of rotatable bonds is 5. The van der Waals surface area contributed by atoms with Gasteiger partial charge in [-0.15, -0.1) is 0 Å². The number of hydrogen-bond acceptors (Lipinski definition) is 4. The topological polar surface area (TPSA) is 67.8 Å². The molecule has 0 saturated heterocycles. The second-order valence-corrected chi connectivity index (χ2v) is 7.11. The molecule has 22 heavy (non-hydrogen) atoms. The largest absolute Gasteiger partial charge is 0.495 e. The lowest BCUT2D eigenvalue weighted by Crippen LogP contribution is -2.19. The molecule has 2 aromatic rings. The third-order valence-corrected chi connectivity index (χ3v) is 4.58. The molecular formula is C15H15BrN2O3S. The van der Waals surface area contributed by atoms with Gasteiger partial charge < -0.3 is 4.74 Å². The third kappa shape index (κ3) is 4.08. The minimum Gasteiger partial charge on any atom is -0.495 e. The molecule has 0 aliphatic heterocycles. The summed E-state index contributed by atoms with van der Waals surface area (Å²) in [5.41, 5.74) is 1.59. The van der Waals surface area contributed by atoms with Crippen molar-refractivity contribution in [1.29, 1.82) is 0 Å². The number of nitrogens with zero attached hydrogens (tertiary/aromatic N) is 1. The summed E-state index contributed by atoms with van der Waals surface area (Å²) >= 11 is 3.34. The Balaban J connectivity index is 2.23. The van der Waals surface area contributed by atoms with E-state index in [-0.39, 0.29) is 10.6 Å². The minimum absolute atomic E-state index is 0.0568. The van der Waals surface area contributed by atoms with Crippen molar-refractivity contribution in [2.45, 2.75) is 11.8 Å². The van der Waals surface area contributed by atoms with Gasteiger partial charge in [-0.3, -0.25) is 0 Å². The van der Waals surface area contributed by atoms with Crippen molar-refractivity contribution in [3.8, 4) is 5.75 Å². The molecule has 1 N–H and O–H groups in total. The van der Waals surface area contributed by atoms with E-state index < -0.39 is 10.0 Å². The summed E-state index contributed by atoms with van der Waals surface area (Å²) in [6.45, 7) is 1.81. The van der Waals surface area contributed by atoms with Crippen LogP contribution in [0.2, 0.25) is 0 Å². The van der Waals surface area contributed by atoms with Crippen molar-refractivity contribution in [2.24, 2.45) is 5.10 Å². The predicted octanol–water partition coefficient (Wildman–Crippen LogP) is 3.08. The van der Waals surface area contributed by atoms with E-state index in [2.05, 4.69) is 25.9 Å². The molecule has 5 nitrogen and oxygen atoms in total. The number of hydrogen-bond donors (Lipinski definition) is 1. The molecule has 0 radical (unpaired) electrons. The van der Waals surface area contributed by atoms with Crippen LogP contribution in [-0.4, -0.2) is 21.7 Å². The first-order chi connectivity index (χ1) is 10.4. The fourth-order valence-electron chi connectivity index (χ4n) is 1.80. The van der Waals surface area contributed by atoms with Gasteiger partial charge in [0.2, 0.25) is 0 Å². The number of aryl methyl sites for hydroxylation is 1. The van der Waals surface area contributed by atoms with E-state index in [1.165, 1.54) is 19.4 Å². The Morgan fingerprint density at radius 1 is 1.23 bits per heavy atom. The van der Waals surface area contributed by atoms with E-state index in [1.54, 1.807) is 12.1 Å². The zero-order valence-electron chi connectivity index (χ0n) is 12.1. The highest BCUT2D eigenvalue weighted by Gasteiger charge is 2.18. The summed E-state index contributed by atoms with van der Waals surface area (Å²) in [6.07, 6.45) is 1.44. The minimum atomic E-state index is -3.79. The molecule has 0 bridgehead atoms. The molecular weight excluding hydrogens is 368 g/mol. The van der Waals surface area contributed by atoms with Crippen LogP contribution in [-0.2, 0) is 10.0 Å². The molecule has 0 atom stereocenters. The van der Waals surface area contributed by atoms with Crippen LogP contribution in [0.1, 0.15) is 11.1 Å². The van der Waals surface area contributed by atoms with Crippen LogP contribution in [0.25, 0.3) is 0 Å². The SMILES string of the molecule is COc1ccc(C)cc1S(=O)(=O)N/N=C/c1cccc(Br)c1. The quantitative estimate of drug-likeness (QED) is 0.638. The smallest absolute Gasteiger partial charge is 0.280 e. The van der Waals surface area contributed by atoms with Gasteiger partial charge in [0.05, 0.1) is 13.3 Å². The van der Waals surface area contributed by atoms with Gasteiger partial charge in [0.25, 0.3) is 10.0 Å². The summed E-state index contributed by atoms with van der Waals surface area (Å²) in [5.74, 6) is 0.274. The molecule has 0 spiro atoms. The molecule has 0 heterocycles. The number of benzene rings is 2. The van der Waals surface area contributed by atoms with Crippen molar-refractivity contribution < 1.29 is 13.2 Å². The predicted molar refractivity (Wildman–Crippen MR) is 89.8 cm³/mol. The van der Waals surface area contributed by atoms with E-state index in [4.69, 9.17) is 4.74 Å². The van der Waals surface area contributed by atoms with Gasteiger partial charge in [0, 0.05) is 4.47 Å². The van der Waals surface area contributed by atoms with E-state index >= 15 is 0 Å². The summed E-state index contributed by atoms with van der Waals surface area (Å²) in [4.78, 5) is 2.25.